The smallest absolute Gasteiger partial charge is 0.0725 e. The van der Waals surface area contributed by atoms with E-state index in [2.05, 4.69) is 33.2 Å². The molecule has 3 heteroatoms. The summed E-state index contributed by atoms with van der Waals surface area (Å²) in [5, 5.41) is 0. The molecule has 2 heterocycles. The summed E-state index contributed by atoms with van der Waals surface area (Å²) in [5.41, 5.74) is 2.85. The summed E-state index contributed by atoms with van der Waals surface area (Å²) in [7, 11) is 0. The lowest BCUT2D eigenvalue weighted by molar-refractivity contribution is 0.0758. The maximum absolute atomic E-state index is 5.41. The van der Waals surface area contributed by atoms with Crippen molar-refractivity contribution in [3.05, 3.63) is 0 Å². The molecule has 0 bridgehead atoms. The average molecular weight is 290 g/mol. The van der Waals surface area contributed by atoms with Crippen molar-refractivity contribution in [2.45, 2.75) is 74.3 Å². The van der Waals surface area contributed by atoms with Crippen molar-refractivity contribution < 1.29 is 9.57 Å². The lowest BCUT2D eigenvalue weighted by Gasteiger charge is -2.11. The van der Waals surface area contributed by atoms with Gasteiger partial charge in [0.05, 0.1) is 12.7 Å². The van der Waals surface area contributed by atoms with Gasteiger partial charge in [0.25, 0.3) is 0 Å². The van der Waals surface area contributed by atoms with Crippen molar-refractivity contribution in [3.8, 4) is 0 Å². The van der Waals surface area contributed by atoms with Gasteiger partial charge in [-0.05, 0) is 24.7 Å². The third-order valence-electron chi connectivity index (χ3n) is 3.40. The second-order valence-corrected chi connectivity index (χ2v) is 5.46. The van der Waals surface area contributed by atoms with E-state index in [1.807, 2.05) is 27.7 Å². The van der Waals surface area contributed by atoms with Crippen LogP contribution in [0.1, 0.15) is 68.2 Å². The van der Waals surface area contributed by atoms with Crippen LogP contribution in [0.2, 0.25) is 0 Å². The molecule has 3 nitrogen and oxygen atoms in total. The van der Waals surface area contributed by atoms with E-state index in [0.717, 1.165) is 37.5 Å². The highest BCUT2D eigenvalue weighted by Gasteiger charge is 2.18. The quantitative estimate of drug-likeness (QED) is 0.801. The molecular weight excluding hydrogens is 250 g/mol. The Hall–Kier alpha value is -0.120. The van der Waals surface area contributed by atoms with E-state index in [-0.39, 0.29) is 0 Å². The number of hydrogen-bond acceptors (Lipinski definition) is 3. The SMILES string of the molecule is CC.CC.CC(C)C1CCCO1.CC(C)C1CNOC1. The molecular formula is C17H39NO2. The minimum Gasteiger partial charge on any atom is -0.378 e. The van der Waals surface area contributed by atoms with E-state index in [9.17, 15) is 0 Å². The van der Waals surface area contributed by atoms with E-state index in [1.54, 1.807) is 0 Å². The van der Waals surface area contributed by atoms with Crippen LogP contribution in [0.25, 0.3) is 0 Å². The van der Waals surface area contributed by atoms with Crippen molar-refractivity contribution in [1.82, 2.24) is 5.48 Å². The maximum Gasteiger partial charge on any atom is 0.0725 e. The first-order chi connectivity index (χ1) is 9.61. The topological polar surface area (TPSA) is 30.5 Å². The molecule has 0 aromatic carbocycles. The normalized spacial score (nSPS) is 24.3. The van der Waals surface area contributed by atoms with Crippen LogP contribution in [0.3, 0.4) is 0 Å². The standard InChI is InChI=1S/C7H14O.C6H13NO.2C2H6/c1-6(2)7-4-3-5-8-7;1-5(2)6-3-7-8-4-6;2*1-2/h6-7H,3-5H2,1-2H3;5-7H,3-4H2,1-2H3;2*1-2H3. The molecule has 2 atom stereocenters. The molecule has 20 heavy (non-hydrogen) atoms. The Kier molecular flexibility index (Phi) is 16.9. The summed E-state index contributed by atoms with van der Waals surface area (Å²) in [4.78, 5) is 4.97. The number of nitrogens with one attached hydrogen (secondary N) is 1. The lowest BCUT2D eigenvalue weighted by atomic mass is 9.98. The van der Waals surface area contributed by atoms with Gasteiger partial charge in [0.2, 0.25) is 0 Å². The van der Waals surface area contributed by atoms with Crippen LogP contribution in [0.15, 0.2) is 0 Å². The van der Waals surface area contributed by atoms with Crippen LogP contribution in [0.4, 0.5) is 0 Å². The zero-order chi connectivity index (χ0) is 16.0. The van der Waals surface area contributed by atoms with E-state index in [0.29, 0.717) is 6.10 Å². The van der Waals surface area contributed by atoms with Crippen molar-refractivity contribution in [2.24, 2.45) is 17.8 Å². The largest absolute Gasteiger partial charge is 0.378 e. The molecule has 2 rings (SSSR count). The van der Waals surface area contributed by atoms with Crippen molar-refractivity contribution in [1.29, 1.82) is 0 Å². The van der Waals surface area contributed by atoms with Gasteiger partial charge in [0, 0.05) is 19.1 Å². The fraction of sp³-hybridized carbons (Fsp3) is 1.00. The predicted molar refractivity (Wildman–Crippen MR) is 88.8 cm³/mol. The molecule has 2 aliphatic heterocycles. The number of ether oxygens (including phenoxy) is 1. The molecule has 2 fully saturated rings. The van der Waals surface area contributed by atoms with Crippen molar-refractivity contribution >= 4 is 0 Å². The summed E-state index contributed by atoms with van der Waals surface area (Å²) < 4.78 is 5.41. The number of hydroxylamine groups is 1. The van der Waals surface area contributed by atoms with Crippen molar-refractivity contribution in [3.63, 3.8) is 0 Å². The molecule has 124 valence electrons. The van der Waals surface area contributed by atoms with Gasteiger partial charge in [-0.15, -0.1) is 0 Å². The van der Waals surface area contributed by atoms with Crippen LogP contribution in [-0.2, 0) is 9.57 Å². The zero-order valence-corrected chi connectivity index (χ0v) is 15.2. The van der Waals surface area contributed by atoms with Gasteiger partial charge >= 0.3 is 0 Å². The van der Waals surface area contributed by atoms with Gasteiger partial charge in [-0.2, -0.15) is 0 Å². The number of rotatable bonds is 2. The summed E-state index contributed by atoms with van der Waals surface area (Å²) in [6, 6.07) is 0. The fourth-order valence-electron chi connectivity index (χ4n) is 1.95. The van der Waals surface area contributed by atoms with Crippen LogP contribution < -0.4 is 5.48 Å². The Labute approximate surface area is 127 Å². The van der Waals surface area contributed by atoms with Crippen LogP contribution >= 0.6 is 0 Å². The van der Waals surface area contributed by atoms with Gasteiger partial charge in [0.15, 0.2) is 0 Å². The summed E-state index contributed by atoms with van der Waals surface area (Å²) >= 11 is 0. The maximum atomic E-state index is 5.41. The molecule has 0 saturated carbocycles. The molecule has 1 N–H and O–H groups in total. The summed E-state index contributed by atoms with van der Waals surface area (Å²) in [6.45, 7) is 19.8. The average Bonchev–Trinajstić information content (AvgIpc) is 3.17. The molecule has 0 aromatic rings. The molecule has 2 saturated heterocycles. The van der Waals surface area contributed by atoms with Crippen molar-refractivity contribution in [2.75, 3.05) is 19.8 Å². The Morgan fingerprint density at radius 1 is 0.950 bits per heavy atom. The highest BCUT2D eigenvalue weighted by molar-refractivity contribution is 4.67. The van der Waals surface area contributed by atoms with Crippen LogP contribution in [0.5, 0.6) is 0 Å². The molecule has 0 spiro atoms. The molecule has 2 unspecified atom stereocenters. The van der Waals surface area contributed by atoms with Crippen LogP contribution in [0, 0.1) is 17.8 Å². The Balaban J connectivity index is 0. The van der Waals surface area contributed by atoms with E-state index in [4.69, 9.17) is 9.57 Å². The highest BCUT2D eigenvalue weighted by atomic mass is 16.7. The highest BCUT2D eigenvalue weighted by Crippen LogP contribution is 2.18. The third kappa shape index (κ3) is 10.6. The van der Waals surface area contributed by atoms with Gasteiger partial charge in [0.1, 0.15) is 0 Å². The second-order valence-electron chi connectivity index (χ2n) is 5.46. The number of hydrogen-bond donors (Lipinski definition) is 1. The fourth-order valence-corrected chi connectivity index (χ4v) is 1.95. The molecule has 0 aromatic heterocycles. The Morgan fingerprint density at radius 3 is 1.75 bits per heavy atom. The van der Waals surface area contributed by atoms with E-state index >= 15 is 0 Å². The van der Waals surface area contributed by atoms with E-state index in [1.165, 1.54) is 12.8 Å². The predicted octanol–water partition coefficient (Wildman–Crippen LogP) is 4.67. The Bertz CT molecular complexity index is 152. The first-order valence-electron chi connectivity index (χ1n) is 8.57. The minimum absolute atomic E-state index is 0.565. The minimum atomic E-state index is 0.565. The molecule has 0 aliphatic carbocycles. The lowest BCUT2D eigenvalue weighted by Crippen LogP contribution is -2.13. The molecule has 2 aliphatic rings. The second kappa shape index (κ2) is 15.3. The van der Waals surface area contributed by atoms with Gasteiger partial charge in [-0.1, -0.05) is 55.4 Å². The van der Waals surface area contributed by atoms with Gasteiger partial charge in [-0.25, -0.2) is 5.48 Å². The first kappa shape index (κ1) is 22.2. The third-order valence-corrected chi connectivity index (χ3v) is 3.40. The molecule has 0 radical (unpaired) electrons. The molecule has 0 amide bonds. The monoisotopic (exact) mass is 289 g/mol. The first-order valence-corrected chi connectivity index (χ1v) is 8.57. The van der Waals surface area contributed by atoms with Gasteiger partial charge < -0.3 is 9.57 Å². The summed E-state index contributed by atoms with van der Waals surface area (Å²) in [6.07, 6.45) is 3.11. The van der Waals surface area contributed by atoms with Crippen LogP contribution in [-0.4, -0.2) is 25.9 Å². The van der Waals surface area contributed by atoms with Gasteiger partial charge in [-0.3, -0.25) is 0 Å². The Morgan fingerprint density at radius 2 is 1.55 bits per heavy atom. The summed E-state index contributed by atoms with van der Waals surface area (Å²) in [5.74, 6) is 2.21. The zero-order valence-electron chi connectivity index (χ0n) is 15.2. The van der Waals surface area contributed by atoms with E-state index < -0.39 is 0 Å².